The third kappa shape index (κ3) is 4.73. The molecule has 0 amide bonds. The van der Waals surface area contributed by atoms with Gasteiger partial charge in [0.15, 0.2) is 0 Å². The summed E-state index contributed by atoms with van der Waals surface area (Å²) in [6.07, 6.45) is 0. The monoisotopic (exact) mass is 358 g/mol. The van der Waals surface area contributed by atoms with Gasteiger partial charge in [0.05, 0.1) is 21.2 Å². The van der Waals surface area contributed by atoms with E-state index in [9.17, 15) is 9.59 Å². The molecule has 0 aliphatic carbocycles. The van der Waals surface area contributed by atoms with E-state index in [0.29, 0.717) is 16.1 Å². The van der Waals surface area contributed by atoms with Crippen molar-refractivity contribution in [3.8, 4) is 0 Å². The smallest absolute Gasteiger partial charge is 0.337 e. The van der Waals surface area contributed by atoms with E-state index in [0.717, 1.165) is 5.56 Å². The summed E-state index contributed by atoms with van der Waals surface area (Å²) in [6.45, 7) is 3.51. The summed E-state index contributed by atoms with van der Waals surface area (Å²) in [7, 11) is 0. The zero-order valence-electron chi connectivity index (χ0n) is 11.9. The number of halogens is 3. The van der Waals surface area contributed by atoms with Gasteiger partial charge in [-0.15, -0.1) is 0 Å². The molecule has 0 spiro atoms. The lowest BCUT2D eigenvalue weighted by molar-refractivity contribution is 0.0696. The third-order valence-corrected chi connectivity index (χ3v) is 3.67. The molecule has 0 heterocycles. The molecule has 0 unspecified atom stereocenters. The molecule has 0 fully saturated rings. The van der Waals surface area contributed by atoms with E-state index < -0.39 is 11.2 Å². The van der Waals surface area contributed by atoms with Crippen LogP contribution in [0.25, 0.3) is 0 Å². The minimum absolute atomic E-state index is 0.189. The predicted molar refractivity (Wildman–Crippen MR) is 89.5 cm³/mol. The summed E-state index contributed by atoms with van der Waals surface area (Å²) in [6, 6.07) is 10.2. The highest BCUT2D eigenvalue weighted by atomic mass is 35.5. The van der Waals surface area contributed by atoms with Gasteiger partial charge in [-0.2, -0.15) is 0 Å². The number of benzene rings is 2. The van der Waals surface area contributed by atoms with Gasteiger partial charge in [-0.25, -0.2) is 4.79 Å². The fraction of sp³-hybridized carbons (Fsp3) is 0.125. The second-order valence-electron chi connectivity index (χ2n) is 4.44. The number of aryl methyl sites for hydroxylation is 2. The summed E-state index contributed by atoms with van der Waals surface area (Å²) in [4.78, 5) is 21.3. The number of rotatable bonds is 2. The summed E-state index contributed by atoms with van der Waals surface area (Å²) in [5.41, 5.74) is 2.08. The van der Waals surface area contributed by atoms with Crippen molar-refractivity contribution in [2.24, 2.45) is 0 Å². The first-order valence-electron chi connectivity index (χ1n) is 6.19. The number of aromatic carboxylic acids is 1. The molecule has 22 heavy (non-hydrogen) atoms. The highest BCUT2D eigenvalue weighted by Crippen LogP contribution is 2.21. The Morgan fingerprint density at radius 3 is 1.50 bits per heavy atom. The summed E-state index contributed by atoms with van der Waals surface area (Å²) in [5.74, 6) is -0.979. The van der Waals surface area contributed by atoms with Crippen molar-refractivity contribution in [2.75, 3.05) is 0 Å². The molecule has 3 nitrogen and oxygen atoms in total. The van der Waals surface area contributed by atoms with Crippen LogP contribution in [0.3, 0.4) is 0 Å². The Morgan fingerprint density at radius 2 is 1.27 bits per heavy atom. The van der Waals surface area contributed by atoms with Gasteiger partial charge in [-0.1, -0.05) is 47.5 Å². The lowest BCUT2D eigenvalue weighted by Gasteiger charge is -2.00. The molecule has 0 aliphatic rings. The Kier molecular flexibility index (Phi) is 6.88. The van der Waals surface area contributed by atoms with Gasteiger partial charge in [0.1, 0.15) is 0 Å². The zero-order valence-corrected chi connectivity index (χ0v) is 14.1. The van der Waals surface area contributed by atoms with E-state index in [1.165, 1.54) is 0 Å². The SMILES string of the molecule is Cc1cccc(Cl)c1C(=O)Cl.Cc1cccc(Cl)c1C(=O)O. The van der Waals surface area contributed by atoms with Crippen LogP contribution in [0.1, 0.15) is 31.8 Å². The average molecular weight is 360 g/mol. The Balaban J connectivity index is 0.000000220. The number of hydrogen-bond acceptors (Lipinski definition) is 2. The van der Waals surface area contributed by atoms with Crippen LogP contribution in [0, 0.1) is 13.8 Å². The average Bonchev–Trinajstić information content (AvgIpc) is 2.38. The van der Waals surface area contributed by atoms with Gasteiger partial charge in [0.2, 0.25) is 0 Å². The van der Waals surface area contributed by atoms with E-state index in [2.05, 4.69) is 0 Å². The first-order chi connectivity index (χ1) is 10.3. The Hall–Kier alpha value is -1.55. The maximum Gasteiger partial charge on any atom is 0.337 e. The normalized spacial score (nSPS) is 9.68. The fourth-order valence-electron chi connectivity index (χ4n) is 1.78. The van der Waals surface area contributed by atoms with Crippen LogP contribution in [-0.4, -0.2) is 16.3 Å². The van der Waals surface area contributed by atoms with Crippen LogP contribution in [0.5, 0.6) is 0 Å². The lowest BCUT2D eigenvalue weighted by Crippen LogP contribution is -1.99. The molecule has 2 aromatic rings. The van der Waals surface area contributed by atoms with Crippen LogP contribution in [0.4, 0.5) is 0 Å². The molecule has 0 aromatic heterocycles. The summed E-state index contributed by atoms with van der Waals surface area (Å²) >= 11 is 16.7. The van der Waals surface area contributed by atoms with E-state index in [1.54, 1.807) is 50.2 Å². The van der Waals surface area contributed by atoms with Gasteiger partial charge in [0, 0.05) is 0 Å². The van der Waals surface area contributed by atoms with Crippen molar-refractivity contribution in [1.82, 2.24) is 0 Å². The molecular weight excluding hydrogens is 347 g/mol. The summed E-state index contributed by atoms with van der Waals surface area (Å²) in [5, 5.41) is 8.85. The standard InChI is InChI=1S/C8H6Cl2O.C8H7ClO2/c2*1-5-3-2-4-6(9)7(5)8(10)11/h2-4H,1H3;2-4H,1H3,(H,10,11). The van der Waals surface area contributed by atoms with E-state index in [4.69, 9.17) is 39.9 Å². The van der Waals surface area contributed by atoms with Gasteiger partial charge in [-0.05, 0) is 48.7 Å². The van der Waals surface area contributed by atoms with E-state index in [-0.39, 0.29) is 10.6 Å². The van der Waals surface area contributed by atoms with Gasteiger partial charge in [0.25, 0.3) is 5.24 Å². The second-order valence-corrected chi connectivity index (χ2v) is 5.60. The molecule has 2 rings (SSSR count). The van der Waals surface area contributed by atoms with Crippen molar-refractivity contribution in [3.05, 3.63) is 68.7 Å². The topological polar surface area (TPSA) is 54.4 Å². The maximum absolute atomic E-state index is 10.8. The summed E-state index contributed by atoms with van der Waals surface area (Å²) < 4.78 is 0. The number of carbonyl (C=O) groups is 2. The maximum atomic E-state index is 10.8. The number of hydrogen-bond donors (Lipinski definition) is 1. The minimum atomic E-state index is -0.979. The van der Waals surface area contributed by atoms with Gasteiger partial charge in [-0.3, -0.25) is 4.79 Å². The predicted octanol–water partition coefficient (Wildman–Crippen LogP) is 5.37. The fourth-order valence-corrected chi connectivity index (χ4v) is 2.69. The van der Waals surface area contributed by atoms with Crippen molar-refractivity contribution in [1.29, 1.82) is 0 Å². The first-order valence-corrected chi connectivity index (χ1v) is 7.32. The highest BCUT2D eigenvalue weighted by Gasteiger charge is 2.10. The highest BCUT2D eigenvalue weighted by molar-refractivity contribution is 6.69. The molecular formula is C16H13Cl3O3. The van der Waals surface area contributed by atoms with Crippen molar-refractivity contribution >= 4 is 46.0 Å². The molecule has 0 atom stereocenters. The van der Waals surface area contributed by atoms with E-state index >= 15 is 0 Å². The molecule has 6 heteroatoms. The van der Waals surface area contributed by atoms with Crippen LogP contribution < -0.4 is 0 Å². The molecule has 0 aliphatic heterocycles. The number of carbonyl (C=O) groups excluding carboxylic acids is 1. The third-order valence-electron chi connectivity index (χ3n) is 2.85. The van der Waals surface area contributed by atoms with Crippen molar-refractivity contribution in [3.63, 3.8) is 0 Å². The minimum Gasteiger partial charge on any atom is -0.478 e. The lowest BCUT2D eigenvalue weighted by atomic mass is 10.1. The van der Waals surface area contributed by atoms with Crippen LogP contribution in [-0.2, 0) is 0 Å². The largest absolute Gasteiger partial charge is 0.478 e. The first kappa shape index (κ1) is 18.5. The van der Waals surface area contributed by atoms with Crippen LogP contribution >= 0.6 is 34.8 Å². The van der Waals surface area contributed by atoms with Gasteiger partial charge >= 0.3 is 5.97 Å². The van der Waals surface area contributed by atoms with E-state index in [1.807, 2.05) is 0 Å². The quantitative estimate of drug-likeness (QED) is 0.733. The second kappa shape index (κ2) is 8.18. The Labute approximate surface area is 143 Å². The number of carboxylic acid groups (broad SMARTS) is 1. The van der Waals surface area contributed by atoms with Crippen molar-refractivity contribution in [2.45, 2.75) is 13.8 Å². The van der Waals surface area contributed by atoms with Crippen LogP contribution in [0.2, 0.25) is 10.0 Å². The Bertz CT molecular complexity index is 610. The Morgan fingerprint density at radius 1 is 0.864 bits per heavy atom. The molecule has 0 saturated heterocycles. The molecule has 1 N–H and O–H groups in total. The molecule has 0 radical (unpaired) electrons. The molecule has 0 saturated carbocycles. The molecule has 116 valence electrons. The zero-order chi connectivity index (χ0) is 16.9. The molecule has 2 aromatic carbocycles. The molecule has 0 bridgehead atoms. The van der Waals surface area contributed by atoms with Gasteiger partial charge < -0.3 is 5.11 Å². The van der Waals surface area contributed by atoms with Crippen LogP contribution in [0.15, 0.2) is 36.4 Å². The number of carboxylic acids is 1. The van der Waals surface area contributed by atoms with Crippen molar-refractivity contribution < 1.29 is 14.7 Å².